The van der Waals surface area contributed by atoms with Crippen LogP contribution >= 0.6 is 0 Å². The first-order valence-corrected chi connectivity index (χ1v) is 2.44. The second-order valence-electron chi connectivity index (χ2n) is 1.68. The lowest BCUT2D eigenvalue weighted by Gasteiger charge is -2.03. The van der Waals surface area contributed by atoms with Gasteiger partial charge in [-0.2, -0.15) is 0 Å². The topological polar surface area (TPSA) is 46.2 Å². The average Bonchev–Trinajstić information content (AvgIpc) is 1.65. The maximum atomic E-state index is 10.1. The summed E-state index contributed by atoms with van der Waals surface area (Å²) in [6.07, 6.45) is -0.170. The van der Waals surface area contributed by atoms with E-state index in [2.05, 4.69) is 4.74 Å². The highest BCUT2D eigenvalue weighted by Gasteiger charge is 2.01. The summed E-state index contributed by atoms with van der Waals surface area (Å²) < 4.78 is 4.45. The van der Waals surface area contributed by atoms with Crippen LogP contribution in [-0.2, 0) is 14.6 Å². The fraction of sp³-hybridized carbons (Fsp3) is 0.800. The standard InChI is InChI=1S/C5H9O3/c1-4(2)8-5(7)3-6/h4H,3H2,1-2H3. The van der Waals surface area contributed by atoms with E-state index in [1.54, 1.807) is 13.8 Å². The molecule has 8 heavy (non-hydrogen) atoms. The van der Waals surface area contributed by atoms with Gasteiger partial charge in [-0.3, -0.25) is 0 Å². The molecule has 0 aromatic rings. The van der Waals surface area contributed by atoms with Crippen LogP contribution in [0.15, 0.2) is 0 Å². The highest BCUT2D eigenvalue weighted by Crippen LogP contribution is 1.86. The minimum Gasteiger partial charge on any atom is -0.461 e. The minimum atomic E-state index is -0.780. The molecule has 0 spiro atoms. The zero-order valence-electron chi connectivity index (χ0n) is 5.01. The smallest absolute Gasteiger partial charge is 0.335 e. The van der Waals surface area contributed by atoms with Crippen molar-refractivity contribution in [2.24, 2.45) is 0 Å². The molecule has 0 bridgehead atoms. The summed E-state index contributed by atoms with van der Waals surface area (Å²) in [5.41, 5.74) is 0. The quantitative estimate of drug-likeness (QED) is 0.490. The van der Waals surface area contributed by atoms with Crippen molar-refractivity contribution in [2.45, 2.75) is 20.0 Å². The van der Waals surface area contributed by atoms with E-state index in [-0.39, 0.29) is 6.10 Å². The third kappa shape index (κ3) is 3.61. The third-order valence-corrected chi connectivity index (χ3v) is 0.485. The lowest BCUT2D eigenvalue weighted by Crippen LogP contribution is -2.13. The number of hydrogen-bond acceptors (Lipinski definition) is 2. The molecule has 3 heteroatoms. The molecule has 0 aliphatic heterocycles. The van der Waals surface area contributed by atoms with Gasteiger partial charge in [-0.25, -0.2) is 9.90 Å². The number of hydrogen-bond donors (Lipinski definition) is 0. The van der Waals surface area contributed by atoms with E-state index in [1.165, 1.54) is 0 Å². The number of carbonyl (C=O) groups excluding carboxylic acids is 1. The van der Waals surface area contributed by atoms with E-state index in [0.717, 1.165) is 0 Å². The largest absolute Gasteiger partial charge is 0.461 e. The van der Waals surface area contributed by atoms with Crippen LogP contribution in [0.1, 0.15) is 13.8 Å². The normalized spacial score (nSPS) is 9.50. The molecular formula is C5H9O3. The first-order chi connectivity index (χ1) is 3.66. The molecule has 3 nitrogen and oxygen atoms in total. The molecule has 0 saturated carbocycles. The molecule has 1 radical (unpaired) electrons. The Bertz CT molecular complexity index is 77.7. The van der Waals surface area contributed by atoms with Gasteiger partial charge in [0.15, 0.2) is 6.61 Å². The molecule has 0 N–H and O–H groups in total. The Kier molecular flexibility index (Phi) is 3.19. The van der Waals surface area contributed by atoms with Gasteiger partial charge in [-0.05, 0) is 13.8 Å². The Morgan fingerprint density at radius 2 is 2.12 bits per heavy atom. The van der Waals surface area contributed by atoms with Gasteiger partial charge in [0.1, 0.15) is 0 Å². The van der Waals surface area contributed by atoms with Crippen molar-refractivity contribution in [2.75, 3.05) is 6.61 Å². The van der Waals surface area contributed by atoms with Gasteiger partial charge >= 0.3 is 5.97 Å². The molecule has 0 aliphatic carbocycles. The van der Waals surface area contributed by atoms with Crippen LogP contribution in [0.4, 0.5) is 0 Å². The summed E-state index contributed by atoms with van der Waals surface area (Å²) in [6, 6.07) is 0. The maximum absolute atomic E-state index is 10.1. The van der Waals surface area contributed by atoms with Crippen molar-refractivity contribution in [3.05, 3.63) is 0 Å². The summed E-state index contributed by atoms with van der Waals surface area (Å²) in [4.78, 5) is 10.1. The highest BCUT2D eigenvalue weighted by atomic mass is 16.6. The number of rotatable bonds is 2. The van der Waals surface area contributed by atoms with Gasteiger partial charge in [0, 0.05) is 0 Å². The summed E-state index contributed by atoms with van der Waals surface area (Å²) in [7, 11) is 0. The molecule has 0 rings (SSSR count). The number of carbonyl (C=O) groups is 1. The molecule has 0 aromatic carbocycles. The van der Waals surface area contributed by atoms with Crippen molar-refractivity contribution in [3.8, 4) is 0 Å². The molecule has 0 fully saturated rings. The molecular weight excluding hydrogens is 108 g/mol. The Labute approximate surface area is 48.3 Å². The molecule has 0 saturated heterocycles. The monoisotopic (exact) mass is 117 g/mol. The third-order valence-electron chi connectivity index (χ3n) is 0.485. The van der Waals surface area contributed by atoms with Crippen LogP contribution in [0.2, 0.25) is 0 Å². The predicted molar refractivity (Wildman–Crippen MR) is 26.8 cm³/mol. The van der Waals surface area contributed by atoms with E-state index in [4.69, 9.17) is 0 Å². The molecule has 0 atom stereocenters. The molecule has 0 aliphatic rings. The van der Waals surface area contributed by atoms with Crippen LogP contribution in [-0.4, -0.2) is 18.7 Å². The van der Waals surface area contributed by atoms with Crippen LogP contribution in [0.5, 0.6) is 0 Å². The summed E-state index contributed by atoms with van der Waals surface area (Å²) in [6.45, 7) is 2.62. The van der Waals surface area contributed by atoms with Gasteiger partial charge in [0.05, 0.1) is 6.10 Å². The van der Waals surface area contributed by atoms with E-state index < -0.39 is 12.6 Å². The zero-order valence-corrected chi connectivity index (χ0v) is 5.01. The van der Waals surface area contributed by atoms with E-state index in [1.807, 2.05) is 0 Å². The van der Waals surface area contributed by atoms with E-state index in [0.29, 0.717) is 0 Å². The van der Waals surface area contributed by atoms with Crippen molar-refractivity contribution >= 4 is 5.97 Å². The molecule has 0 amide bonds. The van der Waals surface area contributed by atoms with Gasteiger partial charge < -0.3 is 4.74 Å². The number of esters is 1. The van der Waals surface area contributed by atoms with Gasteiger partial charge in [-0.1, -0.05) is 0 Å². The Hall–Kier alpha value is -0.570. The lowest BCUT2D eigenvalue weighted by molar-refractivity contribution is -0.152. The lowest BCUT2D eigenvalue weighted by atomic mass is 10.5. The van der Waals surface area contributed by atoms with Crippen LogP contribution < -0.4 is 0 Å². The van der Waals surface area contributed by atoms with Gasteiger partial charge in [0.2, 0.25) is 0 Å². The predicted octanol–water partition coefficient (Wildman–Crippen LogP) is 0.368. The van der Waals surface area contributed by atoms with E-state index >= 15 is 0 Å². The van der Waals surface area contributed by atoms with Crippen molar-refractivity contribution < 1.29 is 14.6 Å². The second-order valence-corrected chi connectivity index (χ2v) is 1.68. The van der Waals surface area contributed by atoms with Gasteiger partial charge in [0.25, 0.3) is 0 Å². The van der Waals surface area contributed by atoms with Crippen LogP contribution in [0.25, 0.3) is 0 Å². The summed E-state index contributed by atoms with van der Waals surface area (Å²) in [5.74, 6) is -0.681. The summed E-state index contributed by atoms with van der Waals surface area (Å²) in [5, 5.41) is 9.69. The van der Waals surface area contributed by atoms with Crippen LogP contribution in [0, 0.1) is 0 Å². The van der Waals surface area contributed by atoms with Crippen molar-refractivity contribution in [1.82, 2.24) is 0 Å². The Morgan fingerprint density at radius 1 is 1.62 bits per heavy atom. The maximum Gasteiger partial charge on any atom is 0.335 e. The first-order valence-electron chi connectivity index (χ1n) is 2.44. The van der Waals surface area contributed by atoms with Crippen molar-refractivity contribution in [3.63, 3.8) is 0 Å². The minimum absolute atomic E-state index is 0.170. The molecule has 0 aromatic heterocycles. The Balaban J connectivity index is 3.25. The zero-order chi connectivity index (χ0) is 6.57. The molecule has 0 heterocycles. The van der Waals surface area contributed by atoms with Crippen molar-refractivity contribution in [1.29, 1.82) is 0 Å². The Morgan fingerprint density at radius 3 is 2.25 bits per heavy atom. The average molecular weight is 117 g/mol. The first kappa shape index (κ1) is 7.43. The number of ether oxygens (including phenoxy) is 1. The van der Waals surface area contributed by atoms with Gasteiger partial charge in [-0.15, -0.1) is 0 Å². The fourth-order valence-electron chi connectivity index (χ4n) is 0.297. The second kappa shape index (κ2) is 3.43. The summed E-state index contributed by atoms with van der Waals surface area (Å²) >= 11 is 0. The fourth-order valence-corrected chi connectivity index (χ4v) is 0.297. The highest BCUT2D eigenvalue weighted by molar-refractivity contribution is 5.70. The molecule has 0 unspecified atom stereocenters. The van der Waals surface area contributed by atoms with E-state index in [9.17, 15) is 9.90 Å². The SMILES string of the molecule is CC(C)OC(=O)C[O]. The molecule has 47 valence electrons. The van der Waals surface area contributed by atoms with Crippen LogP contribution in [0.3, 0.4) is 0 Å².